The van der Waals surface area contributed by atoms with E-state index >= 15 is 0 Å². The molecule has 1 N–H and O–H groups in total. The van der Waals surface area contributed by atoms with E-state index in [2.05, 4.69) is 86.7 Å². The molecule has 0 aromatic heterocycles. The number of carbonyl (C=O) groups excluding carboxylic acids is 1. The third kappa shape index (κ3) is 6.12. The zero-order valence-electron chi connectivity index (χ0n) is 17.8. The number of benzene rings is 3. The summed E-state index contributed by atoms with van der Waals surface area (Å²) < 4.78 is 8.08. The maximum absolute atomic E-state index is 12.5. The van der Waals surface area contributed by atoms with Gasteiger partial charge in [0.05, 0.1) is 17.7 Å². The number of rotatable bonds is 5. The van der Waals surface area contributed by atoms with Crippen LogP contribution in [0, 0.1) is 21.0 Å². The van der Waals surface area contributed by atoms with E-state index in [-0.39, 0.29) is 5.91 Å². The molecule has 0 radical (unpaired) electrons. The molecule has 1 heterocycles. The molecule has 1 fully saturated rings. The molecule has 1 amide bonds. The molecule has 1 saturated heterocycles. The number of nitrogens with zero attached hydrogens (tertiary/aromatic N) is 1. The summed E-state index contributed by atoms with van der Waals surface area (Å²) in [6, 6.07) is 17.9. The van der Waals surface area contributed by atoms with Crippen molar-refractivity contribution in [3.8, 4) is 5.75 Å². The number of thioether (sulfide) groups is 1. The van der Waals surface area contributed by atoms with Crippen molar-refractivity contribution in [1.29, 1.82) is 0 Å². The van der Waals surface area contributed by atoms with Crippen molar-refractivity contribution in [2.45, 2.75) is 20.5 Å². The molecule has 0 bridgehead atoms. The molecule has 1 aliphatic rings. The third-order valence-electron chi connectivity index (χ3n) is 4.93. The lowest BCUT2D eigenvalue weighted by molar-refractivity contribution is -0.115. The molecule has 0 atom stereocenters. The van der Waals surface area contributed by atoms with Crippen LogP contribution in [0.5, 0.6) is 5.75 Å². The average molecular weight is 701 g/mol. The fourth-order valence-electron chi connectivity index (χ4n) is 3.10. The van der Waals surface area contributed by atoms with Crippen LogP contribution in [0.4, 0.5) is 5.69 Å². The number of nitrogens with one attached hydrogen (secondary N) is 1. The van der Waals surface area contributed by atoms with Gasteiger partial charge in [0.25, 0.3) is 5.91 Å². The zero-order chi connectivity index (χ0) is 23.5. The number of halogens is 3. The molecule has 1 aliphatic heterocycles. The molecule has 0 saturated carbocycles. The monoisotopic (exact) mass is 700 g/mol. The average Bonchev–Trinajstić information content (AvgIpc) is 3.10. The normalized spacial score (nSPS) is 15.8. The molecule has 33 heavy (non-hydrogen) atoms. The van der Waals surface area contributed by atoms with Gasteiger partial charge in [-0.2, -0.15) is 0 Å². The Morgan fingerprint density at radius 3 is 2.48 bits per heavy atom. The molecule has 3 aromatic rings. The molecular weight excluding hydrogens is 682 g/mol. The first-order valence-electron chi connectivity index (χ1n) is 10.0. The van der Waals surface area contributed by atoms with Crippen molar-refractivity contribution in [3.05, 3.63) is 93.9 Å². The Kier molecular flexibility index (Phi) is 8.03. The van der Waals surface area contributed by atoms with Gasteiger partial charge in [-0.3, -0.25) is 4.79 Å². The topological polar surface area (TPSA) is 50.7 Å². The van der Waals surface area contributed by atoms with Crippen molar-refractivity contribution in [3.63, 3.8) is 0 Å². The lowest BCUT2D eigenvalue weighted by atomic mass is 10.1. The number of carbonyl (C=O) groups is 1. The number of amides is 1. The summed E-state index contributed by atoms with van der Waals surface area (Å²) in [5.41, 5.74) is 4.91. The third-order valence-corrected chi connectivity index (χ3v) is 7.86. The molecule has 4 rings (SSSR count). The summed E-state index contributed by atoms with van der Waals surface area (Å²) >= 11 is 12.1. The number of amidine groups is 1. The van der Waals surface area contributed by atoms with Crippen molar-refractivity contribution in [1.82, 2.24) is 5.32 Å². The van der Waals surface area contributed by atoms with Gasteiger partial charge in [-0.1, -0.05) is 47.5 Å². The number of aliphatic imine (C=N–C) groups is 1. The number of ether oxygens (including phenoxy) is 1. The van der Waals surface area contributed by atoms with Gasteiger partial charge >= 0.3 is 0 Å². The number of hydrogen-bond donors (Lipinski definition) is 1. The van der Waals surface area contributed by atoms with Gasteiger partial charge in [-0.25, -0.2) is 4.99 Å². The van der Waals surface area contributed by atoms with E-state index in [0.29, 0.717) is 21.7 Å². The Morgan fingerprint density at radius 2 is 1.79 bits per heavy atom. The van der Waals surface area contributed by atoms with E-state index in [0.717, 1.165) is 35.3 Å². The quantitative estimate of drug-likeness (QED) is 0.220. The van der Waals surface area contributed by atoms with Gasteiger partial charge < -0.3 is 10.1 Å². The highest BCUT2D eigenvalue weighted by Gasteiger charge is 2.24. The van der Waals surface area contributed by atoms with E-state index in [1.54, 1.807) is 0 Å². The smallest absolute Gasteiger partial charge is 0.264 e. The van der Waals surface area contributed by atoms with Gasteiger partial charge in [0.1, 0.15) is 12.4 Å². The molecule has 8 heteroatoms. The fourth-order valence-corrected chi connectivity index (χ4v) is 6.23. The minimum absolute atomic E-state index is 0.164. The van der Waals surface area contributed by atoms with E-state index in [1.165, 1.54) is 17.3 Å². The van der Waals surface area contributed by atoms with Gasteiger partial charge in [-0.15, -0.1) is 0 Å². The Labute approximate surface area is 229 Å². The van der Waals surface area contributed by atoms with Crippen LogP contribution in [0.1, 0.15) is 22.3 Å². The van der Waals surface area contributed by atoms with Crippen LogP contribution in [-0.2, 0) is 11.4 Å². The highest BCUT2D eigenvalue weighted by atomic mass is 127. The number of aryl methyl sites for hydroxylation is 1. The minimum atomic E-state index is -0.164. The predicted octanol–water partition coefficient (Wildman–Crippen LogP) is 7.64. The Morgan fingerprint density at radius 1 is 1.09 bits per heavy atom. The van der Waals surface area contributed by atoms with E-state index in [1.807, 2.05) is 43.3 Å². The molecule has 0 unspecified atom stereocenters. The maximum Gasteiger partial charge on any atom is 0.264 e. The van der Waals surface area contributed by atoms with Crippen LogP contribution in [-0.4, -0.2) is 11.1 Å². The Hall–Kier alpha value is -1.56. The van der Waals surface area contributed by atoms with Crippen molar-refractivity contribution in [2.75, 3.05) is 0 Å². The summed E-state index contributed by atoms with van der Waals surface area (Å²) in [7, 11) is 0. The first-order chi connectivity index (χ1) is 15.8. The maximum atomic E-state index is 12.5. The van der Waals surface area contributed by atoms with Crippen LogP contribution in [0.15, 0.2) is 64.5 Å². The largest absolute Gasteiger partial charge is 0.487 e. The lowest BCUT2D eigenvalue weighted by Crippen LogP contribution is -2.19. The van der Waals surface area contributed by atoms with E-state index < -0.39 is 0 Å². The second kappa shape index (κ2) is 10.8. The molecule has 168 valence electrons. The Balaban J connectivity index is 1.51. The predicted molar refractivity (Wildman–Crippen MR) is 154 cm³/mol. The van der Waals surface area contributed by atoms with Gasteiger partial charge in [-0.05, 0) is 118 Å². The summed E-state index contributed by atoms with van der Waals surface area (Å²) in [6.07, 6.45) is 1.88. The second-order valence-electron chi connectivity index (χ2n) is 7.45. The standard InChI is InChI=1S/C25H19ClI2N2O2S/c1-14-6-8-16(9-7-14)13-32-23-19(27)10-17(11-20(23)28)12-22-24(31)30-25(33-22)29-21-5-3-4-18(26)15(21)2/h3-12H,13H2,1-2H3,(H,29,30,31)/b22-12+. The molecule has 3 aromatic carbocycles. The highest BCUT2D eigenvalue weighted by Crippen LogP contribution is 2.34. The van der Waals surface area contributed by atoms with Crippen LogP contribution in [0.3, 0.4) is 0 Å². The molecular formula is C25H19ClI2N2O2S. The number of hydrogen-bond acceptors (Lipinski definition) is 4. The summed E-state index contributed by atoms with van der Waals surface area (Å²) in [4.78, 5) is 17.7. The SMILES string of the molecule is Cc1ccc(COc2c(I)cc(/C=C3/SC(=Nc4cccc(Cl)c4C)NC3=O)cc2I)cc1. The first-order valence-corrected chi connectivity index (χ1v) is 13.4. The summed E-state index contributed by atoms with van der Waals surface area (Å²) in [6.45, 7) is 4.49. The van der Waals surface area contributed by atoms with Crippen LogP contribution in [0.2, 0.25) is 5.02 Å². The summed E-state index contributed by atoms with van der Waals surface area (Å²) in [5.74, 6) is 0.685. The fraction of sp³-hybridized carbons (Fsp3) is 0.120. The highest BCUT2D eigenvalue weighted by molar-refractivity contribution is 14.1. The van der Waals surface area contributed by atoms with E-state index in [9.17, 15) is 4.79 Å². The minimum Gasteiger partial charge on any atom is -0.487 e. The van der Waals surface area contributed by atoms with E-state index in [4.69, 9.17) is 16.3 Å². The second-order valence-corrected chi connectivity index (χ2v) is 11.2. The van der Waals surface area contributed by atoms with Gasteiger partial charge in [0.2, 0.25) is 0 Å². The van der Waals surface area contributed by atoms with Crippen molar-refractivity contribution in [2.24, 2.45) is 4.99 Å². The molecule has 4 nitrogen and oxygen atoms in total. The van der Waals surface area contributed by atoms with Crippen molar-refractivity contribution >= 4 is 91.4 Å². The Bertz CT molecular complexity index is 1270. The zero-order valence-corrected chi connectivity index (χ0v) is 23.7. The van der Waals surface area contributed by atoms with Crippen LogP contribution >= 0.6 is 68.5 Å². The molecule has 0 aliphatic carbocycles. The lowest BCUT2D eigenvalue weighted by Gasteiger charge is -2.12. The van der Waals surface area contributed by atoms with Gasteiger partial charge in [0, 0.05) is 5.02 Å². The first kappa shape index (κ1) is 24.6. The molecule has 0 spiro atoms. The van der Waals surface area contributed by atoms with Crippen LogP contribution < -0.4 is 10.1 Å². The van der Waals surface area contributed by atoms with Gasteiger partial charge in [0.15, 0.2) is 5.17 Å². The van der Waals surface area contributed by atoms with Crippen LogP contribution in [0.25, 0.3) is 6.08 Å². The van der Waals surface area contributed by atoms with Crippen molar-refractivity contribution < 1.29 is 9.53 Å². The summed E-state index contributed by atoms with van der Waals surface area (Å²) in [5, 5.41) is 4.03.